The highest BCUT2D eigenvalue weighted by atomic mass is 19.1. The van der Waals surface area contributed by atoms with E-state index in [0.717, 1.165) is 32.5 Å². The minimum absolute atomic E-state index is 0.0584. The van der Waals surface area contributed by atoms with Crippen LogP contribution in [0.4, 0.5) is 8.78 Å². The lowest BCUT2D eigenvalue weighted by atomic mass is 9.98. The molecule has 2 aliphatic heterocycles. The lowest BCUT2D eigenvalue weighted by molar-refractivity contribution is 0.0820. The van der Waals surface area contributed by atoms with Crippen LogP contribution in [0.25, 0.3) is 0 Å². The SMILES string of the molecule is CC(CN1CC[C@@H](NC(C)(C)C)[C@H](F)C1)N[C@H]1CCNC[C@@H]1F. The zero-order valence-electron chi connectivity index (χ0n) is 15.0. The molecule has 2 fully saturated rings. The summed E-state index contributed by atoms with van der Waals surface area (Å²) in [4.78, 5) is 2.16. The van der Waals surface area contributed by atoms with Crippen LogP contribution in [0.3, 0.4) is 0 Å². The van der Waals surface area contributed by atoms with Gasteiger partial charge in [-0.05, 0) is 53.6 Å². The quantitative estimate of drug-likeness (QED) is 0.713. The van der Waals surface area contributed by atoms with Crippen LogP contribution >= 0.6 is 0 Å². The summed E-state index contributed by atoms with van der Waals surface area (Å²) >= 11 is 0. The predicted octanol–water partition coefficient (Wildman–Crippen LogP) is 1.47. The van der Waals surface area contributed by atoms with E-state index in [9.17, 15) is 8.78 Å². The van der Waals surface area contributed by atoms with E-state index in [2.05, 4.69) is 48.5 Å². The Balaban J connectivity index is 1.74. The Kier molecular flexibility index (Phi) is 6.77. The molecule has 0 spiro atoms. The number of likely N-dealkylation sites (tertiary alicyclic amines) is 1. The number of rotatable bonds is 5. The van der Waals surface area contributed by atoms with Gasteiger partial charge >= 0.3 is 0 Å². The van der Waals surface area contributed by atoms with E-state index in [-0.39, 0.29) is 23.7 Å². The van der Waals surface area contributed by atoms with E-state index in [1.807, 2.05) is 0 Å². The van der Waals surface area contributed by atoms with Crippen molar-refractivity contribution >= 4 is 0 Å². The Labute approximate surface area is 139 Å². The fourth-order valence-corrected chi connectivity index (χ4v) is 3.67. The van der Waals surface area contributed by atoms with Crippen molar-refractivity contribution in [1.82, 2.24) is 20.9 Å². The van der Waals surface area contributed by atoms with Crippen molar-refractivity contribution in [3.8, 4) is 0 Å². The van der Waals surface area contributed by atoms with Crippen LogP contribution in [0.1, 0.15) is 40.5 Å². The molecule has 0 saturated carbocycles. The molecule has 0 aromatic rings. The summed E-state index contributed by atoms with van der Waals surface area (Å²) in [5, 5.41) is 9.83. The van der Waals surface area contributed by atoms with E-state index in [0.29, 0.717) is 13.1 Å². The van der Waals surface area contributed by atoms with Gasteiger partial charge in [-0.3, -0.25) is 4.90 Å². The third-order valence-electron chi connectivity index (χ3n) is 4.68. The van der Waals surface area contributed by atoms with E-state index in [1.54, 1.807) is 0 Å². The first-order valence-corrected chi connectivity index (χ1v) is 8.99. The van der Waals surface area contributed by atoms with E-state index < -0.39 is 12.3 Å². The van der Waals surface area contributed by atoms with Crippen molar-refractivity contribution in [2.24, 2.45) is 0 Å². The summed E-state index contributed by atoms with van der Waals surface area (Å²) in [5.74, 6) is 0. The molecule has 2 saturated heterocycles. The molecule has 4 nitrogen and oxygen atoms in total. The molecule has 136 valence electrons. The summed E-state index contributed by atoms with van der Waals surface area (Å²) in [6, 6.07) is 0.0392. The van der Waals surface area contributed by atoms with Crippen molar-refractivity contribution in [3.63, 3.8) is 0 Å². The Morgan fingerprint density at radius 2 is 1.91 bits per heavy atom. The van der Waals surface area contributed by atoms with Gasteiger partial charge in [-0.25, -0.2) is 8.78 Å². The van der Waals surface area contributed by atoms with Crippen molar-refractivity contribution in [1.29, 1.82) is 0 Å². The number of piperidine rings is 2. The zero-order valence-corrected chi connectivity index (χ0v) is 15.0. The molecule has 0 aromatic carbocycles. The van der Waals surface area contributed by atoms with Gasteiger partial charge in [0.2, 0.25) is 0 Å². The Hall–Kier alpha value is -0.300. The van der Waals surface area contributed by atoms with Gasteiger partial charge in [-0.2, -0.15) is 0 Å². The normalized spacial score (nSPS) is 35.2. The second-order valence-corrected chi connectivity index (χ2v) is 8.25. The summed E-state index contributed by atoms with van der Waals surface area (Å²) in [5.41, 5.74) is -0.0584. The van der Waals surface area contributed by atoms with Gasteiger partial charge < -0.3 is 16.0 Å². The molecule has 1 unspecified atom stereocenters. The molecule has 0 aromatic heterocycles. The van der Waals surface area contributed by atoms with Crippen LogP contribution in [-0.4, -0.2) is 73.6 Å². The third-order valence-corrected chi connectivity index (χ3v) is 4.68. The Morgan fingerprint density at radius 3 is 2.52 bits per heavy atom. The van der Waals surface area contributed by atoms with Gasteiger partial charge in [0.05, 0.1) is 0 Å². The van der Waals surface area contributed by atoms with Crippen molar-refractivity contribution in [2.45, 2.75) is 76.5 Å². The molecule has 3 N–H and O–H groups in total. The van der Waals surface area contributed by atoms with Crippen LogP contribution in [0.2, 0.25) is 0 Å². The second-order valence-electron chi connectivity index (χ2n) is 8.25. The maximum atomic E-state index is 14.4. The number of nitrogens with zero attached hydrogens (tertiary/aromatic N) is 1. The number of hydrogen-bond donors (Lipinski definition) is 3. The molecule has 2 rings (SSSR count). The molecule has 5 atom stereocenters. The van der Waals surface area contributed by atoms with Gasteiger partial charge in [-0.1, -0.05) is 0 Å². The predicted molar refractivity (Wildman–Crippen MR) is 91.4 cm³/mol. The minimum atomic E-state index is -0.844. The third kappa shape index (κ3) is 6.25. The second kappa shape index (κ2) is 8.19. The molecule has 23 heavy (non-hydrogen) atoms. The molecular weight excluding hydrogens is 298 g/mol. The summed E-state index contributed by atoms with van der Waals surface area (Å²) in [7, 11) is 0. The Bertz CT molecular complexity index is 361. The average Bonchev–Trinajstić information content (AvgIpc) is 2.43. The number of hydrogen-bond acceptors (Lipinski definition) is 4. The van der Waals surface area contributed by atoms with Crippen molar-refractivity contribution in [2.75, 3.05) is 32.7 Å². The first-order chi connectivity index (χ1) is 10.7. The lowest BCUT2D eigenvalue weighted by Crippen LogP contribution is -2.58. The molecule has 0 bridgehead atoms. The number of nitrogens with one attached hydrogen (secondary N) is 3. The molecule has 0 aliphatic carbocycles. The van der Waals surface area contributed by atoms with Crippen LogP contribution in [0.5, 0.6) is 0 Å². The molecule has 2 heterocycles. The standard InChI is InChI=1S/C17H34F2N4/c1-12(21-15-5-7-20-9-13(15)18)10-23-8-6-16(14(19)11-23)22-17(2,3)4/h12-16,20-22H,5-11H2,1-4H3/t12?,13-,14+,15-,16+/m0/s1. The molecule has 2 aliphatic rings. The molecule has 0 radical (unpaired) electrons. The Morgan fingerprint density at radius 1 is 1.17 bits per heavy atom. The lowest BCUT2D eigenvalue weighted by Gasteiger charge is -2.40. The van der Waals surface area contributed by atoms with Crippen LogP contribution < -0.4 is 16.0 Å². The van der Waals surface area contributed by atoms with Gasteiger partial charge in [0.25, 0.3) is 0 Å². The van der Waals surface area contributed by atoms with Gasteiger partial charge in [0.15, 0.2) is 0 Å². The monoisotopic (exact) mass is 332 g/mol. The van der Waals surface area contributed by atoms with E-state index >= 15 is 0 Å². The molecule has 6 heteroatoms. The highest BCUT2D eigenvalue weighted by Crippen LogP contribution is 2.18. The van der Waals surface area contributed by atoms with Crippen LogP contribution in [0.15, 0.2) is 0 Å². The molecule has 0 amide bonds. The van der Waals surface area contributed by atoms with Crippen molar-refractivity contribution < 1.29 is 8.78 Å². The minimum Gasteiger partial charge on any atom is -0.314 e. The maximum Gasteiger partial charge on any atom is 0.128 e. The smallest absolute Gasteiger partial charge is 0.128 e. The summed E-state index contributed by atoms with van der Waals surface area (Å²) in [6.45, 7) is 11.7. The van der Waals surface area contributed by atoms with Crippen molar-refractivity contribution in [3.05, 3.63) is 0 Å². The summed E-state index contributed by atoms with van der Waals surface area (Å²) < 4.78 is 28.3. The van der Waals surface area contributed by atoms with Gasteiger partial charge in [0, 0.05) is 43.3 Å². The van der Waals surface area contributed by atoms with Gasteiger partial charge in [0.1, 0.15) is 12.3 Å². The van der Waals surface area contributed by atoms with Crippen LogP contribution in [-0.2, 0) is 0 Å². The zero-order chi connectivity index (χ0) is 17.0. The fraction of sp³-hybridized carbons (Fsp3) is 1.00. The largest absolute Gasteiger partial charge is 0.314 e. The van der Waals surface area contributed by atoms with Gasteiger partial charge in [-0.15, -0.1) is 0 Å². The fourth-order valence-electron chi connectivity index (χ4n) is 3.67. The number of alkyl halides is 2. The highest BCUT2D eigenvalue weighted by molar-refractivity contribution is 4.91. The molecular formula is C17H34F2N4. The van der Waals surface area contributed by atoms with E-state index in [1.165, 1.54) is 0 Å². The summed E-state index contributed by atoms with van der Waals surface area (Å²) in [6.07, 6.45) is -0.0381. The topological polar surface area (TPSA) is 39.3 Å². The maximum absolute atomic E-state index is 14.4. The number of halogens is 2. The van der Waals surface area contributed by atoms with E-state index in [4.69, 9.17) is 0 Å². The first-order valence-electron chi connectivity index (χ1n) is 8.99. The average molecular weight is 332 g/mol. The first kappa shape index (κ1) is 19.0. The highest BCUT2D eigenvalue weighted by Gasteiger charge is 2.32. The van der Waals surface area contributed by atoms with Crippen LogP contribution in [0, 0.1) is 0 Å².